The maximum Gasteiger partial charge on any atom is 0.573 e. The van der Waals surface area contributed by atoms with Crippen molar-refractivity contribution in [2.45, 2.75) is 32.8 Å². The van der Waals surface area contributed by atoms with Crippen molar-refractivity contribution in [2.75, 3.05) is 13.1 Å². The average Bonchev–Trinajstić information content (AvgIpc) is 2.39. The zero-order valence-electron chi connectivity index (χ0n) is 12.5. The van der Waals surface area contributed by atoms with E-state index in [1.807, 2.05) is 18.7 Å². The van der Waals surface area contributed by atoms with Crippen molar-refractivity contribution in [2.24, 2.45) is 5.92 Å². The third-order valence-electron chi connectivity index (χ3n) is 3.53. The van der Waals surface area contributed by atoms with Crippen molar-refractivity contribution in [3.8, 4) is 5.75 Å². The first kappa shape index (κ1) is 16.6. The van der Waals surface area contributed by atoms with Crippen molar-refractivity contribution in [1.82, 2.24) is 10.2 Å². The van der Waals surface area contributed by atoms with Crippen LogP contribution >= 0.6 is 0 Å². The van der Waals surface area contributed by atoms with E-state index in [1.54, 1.807) is 12.1 Å². The molecular formula is C15H19F3N2O2. The minimum atomic E-state index is -4.69. The summed E-state index contributed by atoms with van der Waals surface area (Å²) in [7, 11) is 0. The van der Waals surface area contributed by atoms with Gasteiger partial charge in [0.25, 0.3) is 0 Å². The van der Waals surface area contributed by atoms with E-state index in [2.05, 4.69) is 10.1 Å². The molecule has 7 heteroatoms. The van der Waals surface area contributed by atoms with Crippen molar-refractivity contribution < 1.29 is 22.7 Å². The molecule has 0 saturated carbocycles. The Balaban J connectivity index is 2.04. The third-order valence-corrected chi connectivity index (χ3v) is 3.53. The Bertz CT molecular complexity index is 515. The number of alkyl halides is 3. The quantitative estimate of drug-likeness (QED) is 0.928. The van der Waals surface area contributed by atoms with Gasteiger partial charge >= 0.3 is 6.36 Å². The first-order chi connectivity index (χ1) is 10.3. The Kier molecular flexibility index (Phi) is 4.95. The monoisotopic (exact) mass is 316 g/mol. The number of benzene rings is 1. The lowest BCUT2D eigenvalue weighted by Gasteiger charge is -2.37. The number of rotatable bonds is 4. The van der Waals surface area contributed by atoms with Gasteiger partial charge in [0, 0.05) is 19.6 Å². The van der Waals surface area contributed by atoms with E-state index in [1.165, 1.54) is 12.1 Å². The molecule has 1 fully saturated rings. The summed E-state index contributed by atoms with van der Waals surface area (Å²) in [6, 6.07) is 5.53. The number of nitrogens with one attached hydrogen (secondary N) is 1. The number of hydrogen-bond acceptors (Lipinski definition) is 3. The minimum Gasteiger partial charge on any atom is -0.406 e. The Hall–Kier alpha value is -1.76. The van der Waals surface area contributed by atoms with Crippen molar-refractivity contribution in [1.29, 1.82) is 0 Å². The van der Waals surface area contributed by atoms with Crippen LogP contribution in [-0.4, -0.2) is 36.3 Å². The lowest BCUT2D eigenvalue weighted by molar-refractivity contribution is -0.274. The van der Waals surface area contributed by atoms with Crippen LogP contribution in [0, 0.1) is 5.92 Å². The second-order valence-corrected chi connectivity index (χ2v) is 5.64. The molecule has 122 valence electrons. The Labute approximate surface area is 127 Å². The molecule has 0 radical (unpaired) electrons. The van der Waals surface area contributed by atoms with Gasteiger partial charge in [0.1, 0.15) is 5.75 Å². The topological polar surface area (TPSA) is 41.6 Å². The van der Waals surface area contributed by atoms with E-state index in [0.717, 1.165) is 12.1 Å². The number of piperazine rings is 1. The number of hydrogen-bond donors (Lipinski definition) is 1. The fourth-order valence-electron chi connectivity index (χ4n) is 2.67. The number of nitrogens with zero attached hydrogens (tertiary/aromatic N) is 1. The van der Waals surface area contributed by atoms with Gasteiger partial charge in [-0.1, -0.05) is 26.0 Å². The van der Waals surface area contributed by atoms with E-state index in [-0.39, 0.29) is 23.6 Å². The second kappa shape index (κ2) is 6.56. The Morgan fingerprint density at radius 3 is 2.50 bits per heavy atom. The molecule has 0 aromatic heterocycles. The Morgan fingerprint density at radius 2 is 1.95 bits per heavy atom. The Morgan fingerprint density at radius 1 is 1.32 bits per heavy atom. The minimum absolute atomic E-state index is 0.00160. The summed E-state index contributed by atoms with van der Waals surface area (Å²) in [5, 5.41) is 2.84. The van der Waals surface area contributed by atoms with Crippen LogP contribution in [0.2, 0.25) is 0 Å². The molecule has 22 heavy (non-hydrogen) atoms. The second-order valence-electron chi connectivity index (χ2n) is 5.64. The summed E-state index contributed by atoms with van der Waals surface area (Å²) >= 11 is 0. The van der Waals surface area contributed by atoms with Gasteiger partial charge in [-0.25, -0.2) is 0 Å². The molecular weight excluding hydrogens is 297 g/mol. The zero-order valence-corrected chi connectivity index (χ0v) is 12.5. The van der Waals surface area contributed by atoms with E-state index >= 15 is 0 Å². The first-order valence-corrected chi connectivity index (χ1v) is 7.13. The van der Waals surface area contributed by atoms with E-state index in [0.29, 0.717) is 13.1 Å². The highest BCUT2D eigenvalue weighted by molar-refractivity contribution is 5.82. The smallest absolute Gasteiger partial charge is 0.406 e. The predicted molar refractivity (Wildman–Crippen MR) is 75.2 cm³/mol. The molecule has 0 bridgehead atoms. The molecule has 2 rings (SSSR count). The summed E-state index contributed by atoms with van der Waals surface area (Å²) in [5.74, 6) is -0.0838. The van der Waals surface area contributed by atoms with Crippen LogP contribution in [0.5, 0.6) is 5.75 Å². The fourth-order valence-corrected chi connectivity index (χ4v) is 2.67. The van der Waals surface area contributed by atoms with Crippen LogP contribution in [0.4, 0.5) is 13.2 Å². The molecule has 1 N–H and O–H groups in total. The van der Waals surface area contributed by atoms with E-state index < -0.39 is 6.36 Å². The standard InChI is InChI=1S/C15H19F3N2O2/c1-10(2)13-14(21)19-7-8-20(13)9-11-3-5-12(6-4-11)22-15(16,17)18/h3-6,10,13H,7-9H2,1-2H3,(H,19,21). The van der Waals surface area contributed by atoms with Crippen molar-refractivity contribution in [3.63, 3.8) is 0 Å². The van der Waals surface area contributed by atoms with E-state index in [4.69, 9.17) is 0 Å². The highest BCUT2D eigenvalue weighted by Gasteiger charge is 2.32. The zero-order chi connectivity index (χ0) is 16.3. The molecule has 1 amide bonds. The maximum absolute atomic E-state index is 12.1. The molecule has 0 spiro atoms. The molecule has 4 nitrogen and oxygen atoms in total. The fraction of sp³-hybridized carbons (Fsp3) is 0.533. The highest BCUT2D eigenvalue weighted by atomic mass is 19.4. The molecule has 1 aliphatic heterocycles. The SMILES string of the molecule is CC(C)C1C(=O)NCCN1Cc1ccc(OC(F)(F)F)cc1. The number of amides is 1. The number of halogens is 3. The van der Waals surface area contributed by atoms with Crippen LogP contribution in [-0.2, 0) is 11.3 Å². The molecule has 1 unspecified atom stereocenters. The van der Waals surface area contributed by atoms with Gasteiger partial charge in [-0.2, -0.15) is 0 Å². The third kappa shape index (κ3) is 4.37. The summed E-state index contributed by atoms with van der Waals surface area (Å²) < 4.78 is 40.2. The number of ether oxygens (including phenoxy) is 1. The van der Waals surface area contributed by atoms with Gasteiger partial charge in [0.2, 0.25) is 5.91 Å². The molecule has 1 atom stereocenters. The molecule has 1 saturated heterocycles. The molecule has 1 aromatic carbocycles. The van der Waals surface area contributed by atoms with Crippen molar-refractivity contribution in [3.05, 3.63) is 29.8 Å². The molecule has 1 aliphatic rings. The summed E-state index contributed by atoms with van der Waals surface area (Å²) in [6.45, 7) is 5.76. The van der Waals surface area contributed by atoms with Crippen LogP contribution in [0.1, 0.15) is 19.4 Å². The van der Waals surface area contributed by atoms with Gasteiger partial charge in [0.05, 0.1) is 6.04 Å². The molecule has 0 aliphatic carbocycles. The largest absolute Gasteiger partial charge is 0.573 e. The maximum atomic E-state index is 12.1. The van der Waals surface area contributed by atoms with Gasteiger partial charge in [0.15, 0.2) is 0 Å². The van der Waals surface area contributed by atoms with Gasteiger partial charge in [-0.3, -0.25) is 9.69 Å². The average molecular weight is 316 g/mol. The lowest BCUT2D eigenvalue weighted by Crippen LogP contribution is -2.56. The number of carbonyl (C=O) groups excluding carboxylic acids is 1. The van der Waals surface area contributed by atoms with Crippen LogP contribution in [0.3, 0.4) is 0 Å². The summed E-state index contributed by atoms with van der Waals surface area (Å²) in [5.41, 5.74) is 0.842. The molecule has 1 aromatic rings. The van der Waals surface area contributed by atoms with Crippen LogP contribution in [0.25, 0.3) is 0 Å². The van der Waals surface area contributed by atoms with Gasteiger partial charge in [-0.15, -0.1) is 13.2 Å². The highest BCUT2D eigenvalue weighted by Crippen LogP contribution is 2.24. The number of carbonyl (C=O) groups is 1. The lowest BCUT2D eigenvalue weighted by atomic mass is 9.99. The predicted octanol–water partition coefficient (Wildman–Crippen LogP) is 2.54. The summed E-state index contributed by atoms with van der Waals surface area (Å²) in [4.78, 5) is 14.0. The first-order valence-electron chi connectivity index (χ1n) is 7.13. The van der Waals surface area contributed by atoms with Crippen molar-refractivity contribution >= 4 is 5.91 Å². The summed E-state index contributed by atoms with van der Waals surface area (Å²) in [6.07, 6.45) is -4.69. The van der Waals surface area contributed by atoms with Crippen LogP contribution < -0.4 is 10.1 Å². The molecule has 1 heterocycles. The van der Waals surface area contributed by atoms with E-state index in [9.17, 15) is 18.0 Å². The normalized spacial score (nSPS) is 20.1. The van der Waals surface area contributed by atoms with Crippen LogP contribution in [0.15, 0.2) is 24.3 Å². The van der Waals surface area contributed by atoms with Gasteiger partial charge in [-0.05, 0) is 23.6 Å². The van der Waals surface area contributed by atoms with Gasteiger partial charge < -0.3 is 10.1 Å².